The molecule has 1 aliphatic rings. The SMILES string of the molecule is CCCCC(CC)CN1C(=O)NC(=O)C(CC)(CC)C1=O. The standard InChI is InChI=1S/C16H28N2O3/c1-5-9-10-12(6-2)11-18-14(20)16(7-3,8-4)13(19)17-15(18)21/h12H,5-11H2,1-4H3,(H,17,19,21). The van der Waals surface area contributed by atoms with Crippen LogP contribution >= 0.6 is 0 Å². The maximum Gasteiger partial charge on any atom is 0.330 e. The van der Waals surface area contributed by atoms with E-state index >= 15 is 0 Å². The van der Waals surface area contributed by atoms with E-state index in [1.165, 1.54) is 4.90 Å². The second kappa shape index (κ2) is 7.57. The molecule has 5 heteroatoms. The Kier molecular flexibility index (Phi) is 6.37. The van der Waals surface area contributed by atoms with Crippen LogP contribution in [0.1, 0.15) is 66.2 Å². The molecule has 0 saturated carbocycles. The van der Waals surface area contributed by atoms with Crippen LogP contribution in [0.25, 0.3) is 0 Å². The van der Waals surface area contributed by atoms with Crippen molar-refractivity contribution in [2.45, 2.75) is 66.2 Å². The first-order chi connectivity index (χ1) is 9.96. The first kappa shape index (κ1) is 17.7. The number of nitrogens with one attached hydrogen (secondary N) is 1. The lowest BCUT2D eigenvalue weighted by molar-refractivity contribution is -0.152. The molecular formula is C16H28N2O3. The summed E-state index contributed by atoms with van der Waals surface area (Å²) in [6, 6.07) is -0.558. The van der Waals surface area contributed by atoms with E-state index in [4.69, 9.17) is 0 Å². The molecule has 1 saturated heterocycles. The third-order valence-electron chi connectivity index (χ3n) is 4.75. The molecule has 0 radical (unpaired) electrons. The van der Waals surface area contributed by atoms with Crippen LogP contribution in [-0.2, 0) is 9.59 Å². The number of carbonyl (C=O) groups is 3. The van der Waals surface area contributed by atoms with Crippen LogP contribution in [0, 0.1) is 11.3 Å². The van der Waals surface area contributed by atoms with E-state index in [0.717, 1.165) is 25.7 Å². The van der Waals surface area contributed by atoms with Crippen molar-refractivity contribution in [2.75, 3.05) is 6.54 Å². The Morgan fingerprint density at radius 3 is 2.19 bits per heavy atom. The van der Waals surface area contributed by atoms with E-state index in [-0.39, 0.29) is 5.91 Å². The van der Waals surface area contributed by atoms with Gasteiger partial charge in [0.2, 0.25) is 11.8 Å². The number of carbonyl (C=O) groups excluding carboxylic acids is 3. The number of rotatable bonds is 8. The predicted octanol–water partition coefficient (Wildman–Crippen LogP) is 3.09. The zero-order chi connectivity index (χ0) is 16.0. The normalized spacial score (nSPS) is 19.6. The predicted molar refractivity (Wildman–Crippen MR) is 81.6 cm³/mol. The lowest BCUT2D eigenvalue weighted by atomic mass is 9.78. The quantitative estimate of drug-likeness (QED) is 0.700. The minimum absolute atomic E-state index is 0.305. The van der Waals surface area contributed by atoms with Crippen LogP contribution in [0.4, 0.5) is 4.79 Å². The van der Waals surface area contributed by atoms with Crippen molar-refractivity contribution in [2.24, 2.45) is 11.3 Å². The van der Waals surface area contributed by atoms with E-state index < -0.39 is 17.4 Å². The van der Waals surface area contributed by atoms with Gasteiger partial charge in [-0.3, -0.25) is 19.8 Å². The number of barbiturate groups is 1. The van der Waals surface area contributed by atoms with Gasteiger partial charge in [-0.25, -0.2) is 4.79 Å². The zero-order valence-electron chi connectivity index (χ0n) is 13.7. The Morgan fingerprint density at radius 2 is 1.71 bits per heavy atom. The molecule has 1 rings (SSSR count). The van der Waals surface area contributed by atoms with Crippen LogP contribution in [0.5, 0.6) is 0 Å². The van der Waals surface area contributed by atoms with Gasteiger partial charge in [0, 0.05) is 6.54 Å². The number of amides is 4. The molecule has 0 spiro atoms. The maximum absolute atomic E-state index is 12.7. The van der Waals surface area contributed by atoms with Gasteiger partial charge in [-0.1, -0.05) is 47.0 Å². The Morgan fingerprint density at radius 1 is 1.10 bits per heavy atom. The topological polar surface area (TPSA) is 66.5 Å². The molecular weight excluding hydrogens is 268 g/mol. The van der Waals surface area contributed by atoms with Gasteiger partial charge in [0.1, 0.15) is 5.41 Å². The molecule has 0 aromatic rings. The molecule has 1 N–H and O–H groups in total. The highest BCUT2D eigenvalue weighted by Gasteiger charge is 2.51. The fourth-order valence-electron chi connectivity index (χ4n) is 2.95. The Balaban J connectivity index is 2.92. The van der Waals surface area contributed by atoms with Crippen LogP contribution in [-0.4, -0.2) is 29.3 Å². The summed E-state index contributed by atoms with van der Waals surface area (Å²) in [5, 5.41) is 2.37. The smallest absolute Gasteiger partial charge is 0.277 e. The van der Waals surface area contributed by atoms with E-state index in [1.807, 2.05) is 13.8 Å². The summed E-state index contributed by atoms with van der Waals surface area (Å²) < 4.78 is 0. The highest BCUT2D eigenvalue weighted by molar-refractivity contribution is 6.19. The Labute approximate surface area is 127 Å². The number of unbranched alkanes of at least 4 members (excludes halogenated alkanes) is 1. The molecule has 1 heterocycles. The third-order valence-corrected chi connectivity index (χ3v) is 4.75. The van der Waals surface area contributed by atoms with E-state index in [0.29, 0.717) is 25.3 Å². The maximum atomic E-state index is 12.7. The molecule has 1 fully saturated rings. The van der Waals surface area contributed by atoms with E-state index in [1.54, 1.807) is 0 Å². The molecule has 1 unspecified atom stereocenters. The van der Waals surface area contributed by atoms with Crippen LogP contribution in [0.3, 0.4) is 0 Å². The molecule has 21 heavy (non-hydrogen) atoms. The minimum atomic E-state index is -1.07. The van der Waals surface area contributed by atoms with Gasteiger partial charge >= 0.3 is 6.03 Å². The number of imide groups is 2. The van der Waals surface area contributed by atoms with Gasteiger partial charge in [-0.2, -0.15) is 0 Å². The van der Waals surface area contributed by atoms with E-state index in [9.17, 15) is 14.4 Å². The zero-order valence-corrected chi connectivity index (χ0v) is 13.7. The summed E-state index contributed by atoms with van der Waals surface area (Å²) >= 11 is 0. The second-order valence-corrected chi connectivity index (χ2v) is 5.88. The average molecular weight is 296 g/mol. The first-order valence-corrected chi connectivity index (χ1v) is 8.14. The Hall–Kier alpha value is -1.39. The van der Waals surface area contributed by atoms with Gasteiger partial charge in [-0.15, -0.1) is 0 Å². The average Bonchev–Trinajstić information content (AvgIpc) is 2.48. The van der Waals surface area contributed by atoms with Gasteiger partial charge in [0.05, 0.1) is 0 Å². The highest BCUT2D eigenvalue weighted by atomic mass is 16.2. The van der Waals surface area contributed by atoms with Gasteiger partial charge in [0.15, 0.2) is 0 Å². The van der Waals surface area contributed by atoms with Crippen molar-refractivity contribution in [3.05, 3.63) is 0 Å². The van der Waals surface area contributed by atoms with Crippen LogP contribution in [0.15, 0.2) is 0 Å². The van der Waals surface area contributed by atoms with Crippen LogP contribution < -0.4 is 5.32 Å². The van der Waals surface area contributed by atoms with Gasteiger partial charge in [0.25, 0.3) is 0 Å². The van der Waals surface area contributed by atoms with Crippen molar-refractivity contribution in [3.63, 3.8) is 0 Å². The summed E-state index contributed by atoms with van der Waals surface area (Å²) in [5.74, 6) is -0.462. The largest absolute Gasteiger partial charge is 0.330 e. The Bertz CT molecular complexity index is 402. The lowest BCUT2D eigenvalue weighted by Crippen LogP contribution is -2.64. The fraction of sp³-hybridized carbons (Fsp3) is 0.812. The first-order valence-electron chi connectivity index (χ1n) is 8.14. The van der Waals surface area contributed by atoms with Crippen molar-refractivity contribution in [1.82, 2.24) is 10.2 Å². The number of urea groups is 1. The summed E-state index contributed by atoms with van der Waals surface area (Å²) in [4.78, 5) is 38.1. The number of nitrogens with zero attached hydrogens (tertiary/aromatic N) is 1. The lowest BCUT2D eigenvalue weighted by Gasteiger charge is -2.39. The molecule has 5 nitrogen and oxygen atoms in total. The van der Waals surface area contributed by atoms with Crippen molar-refractivity contribution >= 4 is 17.8 Å². The third kappa shape index (κ3) is 3.44. The number of hydrogen-bond donors (Lipinski definition) is 1. The van der Waals surface area contributed by atoms with Gasteiger partial charge in [-0.05, 0) is 25.2 Å². The molecule has 0 aliphatic carbocycles. The monoisotopic (exact) mass is 296 g/mol. The van der Waals surface area contributed by atoms with Crippen molar-refractivity contribution in [3.8, 4) is 0 Å². The molecule has 4 amide bonds. The fourth-order valence-corrected chi connectivity index (χ4v) is 2.95. The summed E-state index contributed by atoms with van der Waals surface area (Å²) in [5.41, 5.74) is -1.07. The minimum Gasteiger partial charge on any atom is -0.277 e. The van der Waals surface area contributed by atoms with E-state index in [2.05, 4.69) is 19.2 Å². The van der Waals surface area contributed by atoms with Crippen LogP contribution in [0.2, 0.25) is 0 Å². The molecule has 0 aromatic heterocycles. The molecule has 1 aliphatic heterocycles. The molecule has 1 atom stereocenters. The van der Waals surface area contributed by atoms with Crippen molar-refractivity contribution in [1.29, 1.82) is 0 Å². The molecule has 120 valence electrons. The summed E-state index contributed by atoms with van der Waals surface area (Å²) in [6.07, 6.45) is 4.96. The van der Waals surface area contributed by atoms with Crippen molar-refractivity contribution < 1.29 is 14.4 Å². The molecule has 0 aromatic carbocycles. The second-order valence-electron chi connectivity index (χ2n) is 5.88. The summed E-state index contributed by atoms with van der Waals surface area (Å²) in [7, 11) is 0. The summed E-state index contributed by atoms with van der Waals surface area (Å²) in [6.45, 7) is 8.26. The van der Waals surface area contributed by atoms with Gasteiger partial charge < -0.3 is 0 Å². The highest BCUT2D eigenvalue weighted by Crippen LogP contribution is 2.33. The number of hydrogen-bond acceptors (Lipinski definition) is 3. The molecule has 0 bridgehead atoms.